The Kier molecular flexibility index (Phi) is 5.68. The third-order valence-corrected chi connectivity index (χ3v) is 7.55. The van der Waals surface area contributed by atoms with E-state index in [0.29, 0.717) is 37.2 Å². The van der Waals surface area contributed by atoms with Gasteiger partial charge in [0.1, 0.15) is 10.8 Å². The van der Waals surface area contributed by atoms with Crippen LogP contribution >= 0.6 is 11.3 Å². The minimum Gasteiger partial charge on any atom is -0.379 e. The number of thiazole rings is 1. The van der Waals surface area contributed by atoms with E-state index in [1.807, 2.05) is 54.8 Å². The van der Waals surface area contributed by atoms with Crippen LogP contribution in [0.3, 0.4) is 0 Å². The molecule has 4 aromatic rings. The van der Waals surface area contributed by atoms with E-state index in [2.05, 4.69) is 10.2 Å². The van der Waals surface area contributed by atoms with E-state index in [-0.39, 0.29) is 17.4 Å². The smallest absolute Gasteiger partial charge is 0.261 e. The maximum atomic E-state index is 13.5. The first-order valence-corrected chi connectivity index (χ1v) is 12.6. The van der Waals surface area contributed by atoms with Crippen molar-refractivity contribution in [3.63, 3.8) is 0 Å². The zero-order valence-corrected chi connectivity index (χ0v) is 20.2. The van der Waals surface area contributed by atoms with Crippen LogP contribution in [0.25, 0.3) is 22.2 Å². The Morgan fingerprint density at radius 1 is 1.09 bits per heavy atom. The largest absolute Gasteiger partial charge is 0.379 e. The van der Waals surface area contributed by atoms with E-state index in [9.17, 15) is 9.59 Å². The fourth-order valence-electron chi connectivity index (χ4n) is 4.68. The predicted octanol–water partition coefficient (Wildman–Crippen LogP) is 3.46. The molecule has 35 heavy (non-hydrogen) atoms. The van der Waals surface area contributed by atoms with Crippen LogP contribution in [-0.4, -0.2) is 51.6 Å². The molecule has 1 amide bonds. The van der Waals surface area contributed by atoms with Gasteiger partial charge < -0.3 is 10.1 Å². The van der Waals surface area contributed by atoms with E-state index in [1.54, 1.807) is 4.57 Å². The maximum Gasteiger partial charge on any atom is 0.261 e. The fraction of sp³-hybridized carbons (Fsp3) is 0.308. The van der Waals surface area contributed by atoms with Gasteiger partial charge in [-0.3, -0.25) is 19.1 Å². The molecule has 178 valence electrons. The normalized spacial score (nSPS) is 18.1. The highest BCUT2D eigenvalue weighted by Crippen LogP contribution is 2.35. The van der Waals surface area contributed by atoms with E-state index in [1.165, 1.54) is 11.3 Å². The molecule has 4 heterocycles. The summed E-state index contributed by atoms with van der Waals surface area (Å²) in [5.74, 6) is 0.587. The zero-order chi connectivity index (χ0) is 23.9. The maximum absolute atomic E-state index is 13.5. The number of carbonyl (C=O) groups excluding carboxylic acids is 1. The summed E-state index contributed by atoms with van der Waals surface area (Å²) in [5, 5.41) is 6.37. The van der Waals surface area contributed by atoms with Crippen molar-refractivity contribution in [2.75, 3.05) is 31.6 Å². The summed E-state index contributed by atoms with van der Waals surface area (Å²) in [4.78, 5) is 37.5. The number of anilines is 1. The van der Waals surface area contributed by atoms with Crippen molar-refractivity contribution >= 4 is 33.8 Å². The number of fused-ring (bicyclic) bond motifs is 2. The quantitative estimate of drug-likeness (QED) is 0.464. The number of morpholine rings is 1. The molecular formula is C26H25N5O3S. The molecule has 8 nitrogen and oxygen atoms in total. The molecule has 0 saturated carbocycles. The van der Waals surface area contributed by atoms with Crippen molar-refractivity contribution in [2.24, 2.45) is 0 Å². The topological polar surface area (TPSA) is 89.4 Å². The second-order valence-corrected chi connectivity index (χ2v) is 9.91. The molecule has 6 rings (SSSR count). The number of aromatic nitrogens is 3. The van der Waals surface area contributed by atoms with Crippen LogP contribution in [0, 0.1) is 0 Å². The molecule has 1 N–H and O–H groups in total. The molecule has 1 unspecified atom stereocenters. The van der Waals surface area contributed by atoms with E-state index in [4.69, 9.17) is 14.7 Å². The number of hydrogen-bond donors (Lipinski definition) is 1. The highest BCUT2D eigenvalue weighted by Gasteiger charge is 2.27. The Labute approximate surface area is 206 Å². The Morgan fingerprint density at radius 2 is 1.91 bits per heavy atom. The van der Waals surface area contributed by atoms with Gasteiger partial charge in [0.15, 0.2) is 0 Å². The molecular weight excluding hydrogens is 462 g/mol. The van der Waals surface area contributed by atoms with Crippen LogP contribution in [0.4, 0.5) is 5.69 Å². The minimum atomic E-state index is -0.173. The average Bonchev–Trinajstić information content (AvgIpc) is 3.46. The first kappa shape index (κ1) is 22.1. The molecule has 9 heteroatoms. The second kappa shape index (κ2) is 8.99. The van der Waals surface area contributed by atoms with Crippen molar-refractivity contribution in [1.82, 2.24) is 19.4 Å². The first-order valence-electron chi connectivity index (χ1n) is 11.7. The van der Waals surface area contributed by atoms with Crippen molar-refractivity contribution in [1.29, 1.82) is 0 Å². The monoisotopic (exact) mass is 487 g/mol. The molecule has 0 spiro atoms. The summed E-state index contributed by atoms with van der Waals surface area (Å²) in [6.07, 6.45) is 0. The van der Waals surface area contributed by atoms with Gasteiger partial charge in [-0.1, -0.05) is 18.2 Å². The zero-order valence-electron chi connectivity index (χ0n) is 19.4. The van der Waals surface area contributed by atoms with Gasteiger partial charge in [0.2, 0.25) is 5.91 Å². The van der Waals surface area contributed by atoms with Crippen molar-refractivity contribution in [3.8, 4) is 11.3 Å². The summed E-state index contributed by atoms with van der Waals surface area (Å²) < 4.78 is 7.24. The van der Waals surface area contributed by atoms with E-state index < -0.39 is 0 Å². The van der Waals surface area contributed by atoms with Crippen LogP contribution < -0.4 is 10.9 Å². The molecule has 2 aliphatic rings. The van der Waals surface area contributed by atoms with Gasteiger partial charge in [0.05, 0.1) is 48.8 Å². The number of amides is 1. The van der Waals surface area contributed by atoms with Gasteiger partial charge >= 0.3 is 0 Å². The molecule has 1 saturated heterocycles. The average molecular weight is 488 g/mol. The number of rotatable bonds is 5. The standard InChI is InChI=1S/C26H25N5O3S/c1-16-19-12-17(6-7-21(19)29-25(16)32)22-15-35-24(28-22)14-31-23(13-30-8-10-34-11-9-30)27-20-5-3-2-4-18(20)26(31)33/h2-7,12,15-16H,8-11,13-14H2,1H3,(H,29,32). The lowest BCUT2D eigenvalue weighted by molar-refractivity contribution is -0.116. The number of nitrogens with zero attached hydrogens (tertiary/aromatic N) is 4. The van der Waals surface area contributed by atoms with Crippen molar-refractivity contribution in [2.45, 2.75) is 25.9 Å². The SMILES string of the molecule is CC1C(=O)Nc2ccc(-c3csc(Cn4c(CN5CCOCC5)nc5ccccc5c4=O)n3)cc21. The van der Waals surface area contributed by atoms with Gasteiger partial charge in [-0.05, 0) is 36.8 Å². The summed E-state index contributed by atoms with van der Waals surface area (Å²) in [5.41, 5.74) is 4.33. The van der Waals surface area contributed by atoms with Crippen molar-refractivity contribution < 1.29 is 9.53 Å². The highest BCUT2D eigenvalue weighted by atomic mass is 32.1. The lowest BCUT2D eigenvalue weighted by Crippen LogP contribution is -2.38. The Hall–Kier alpha value is -3.40. The van der Waals surface area contributed by atoms with Crippen LogP contribution in [0.1, 0.15) is 29.2 Å². The molecule has 1 fully saturated rings. The van der Waals surface area contributed by atoms with Crippen LogP contribution in [0.15, 0.2) is 52.6 Å². The van der Waals surface area contributed by atoms with Gasteiger partial charge in [-0.2, -0.15) is 0 Å². The number of ether oxygens (including phenoxy) is 1. The van der Waals surface area contributed by atoms with Crippen LogP contribution in [-0.2, 0) is 22.6 Å². The van der Waals surface area contributed by atoms with E-state index >= 15 is 0 Å². The summed E-state index contributed by atoms with van der Waals surface area (Å²) in [6, 6.07) is 13.4. The number of para-hydroxylation sites is 1. The molecule has 1 atom stereocenters. The predicted molar refractivity (Wildman–Crippen MR) is 136 cm³/mol. The molecule has 0 bridgehead atoms. The first-order chi connectivity index (χ1) is 17.1. The fourth-order valence-corrected chi connectivity index (χ4v) is 5.48. The number of hydrogen-bond acceptors (Lipinski definition) is 7. The number of carbonyl (C=O) groups is 1. The number of nitrogens with one attached hydrogen (secondary N) is 1. The van der Waals surface area contributed by atoms with Crippen LogP contribution in [0.5, 0.6) is 0 Å². The Bertz CT molecular complexity index is 1490. The lowest BCUT2D eigenvalue weighted by Gasteiger charge is -2.27. The highest BCUT2D eigenvalue weighted by molar-refractivity contribution is 7.09. The van der Waals surface area contributed by atoms with Gasteiger partial charge in [0, 0.05) is 29.7 Å². The van der Waals surface area contributed by atoms with Gasteiger partial charge in [-0.15, -0.1) is 11.3 Å². The molecule has 0 radical (unpaired) electrons. The molecule has 2 aliphatic heterocycles. The minimum absolute atomic E-state index is 0.0205. The second-order valence-electron chi connectivity index (χ2n) is 8.96. The van der Waals surface area contributed by atoms with Gasteiger partial charge in [0.25, 0.3) is 5.56 Å². The van der Waals surface area contributed by atoms with E-state index in [0.717, 1.165) is 46.4 Å². The van der Waals surface area contributed by atoms with Crippen LogP contribution in [0.2, 0.25) is 0 Å². The molecule has 2 aromatic carbocycles. The number of benzene rings is 2. The molecule has 0 aliphatic carbocycles. The summed E-state index contributed by atoms with van der Waals surface area (Å²) in [7, 11) is 0. The summed E-state index contributed by atoms with van der Waals surface area (Å²) in [6.45, 7) is 5.87. The lowest BCUT2D eigenvalue weighted by atomic mass is 10.00. The third-order valence-electron chi connectivity index (χ3n) is 6.72. The summed E-state index contributed by atoms with van der Waals surface area (Å²) >= 11 is 1.53. The third kappa shape index (κ3) is 4.16. The van der Waals surface area contributed by atoms with Crippen molar-refractivity contribution in [3.05, 3.63) is 74.6 Å². The van der Waals surface area contributed by atoms with Gasteiger partial charge in [-0.25, -0.2) is 9.97 Å². The Balaban J connectivity index is 1.34. The Morgan fingerprint density at radius 3 is 2.77 bits per heavy atom. The molecule has 2 aromatic heterocycles.